The van der Waals surface area contributed by atoms with Crippen LogP contribution in [-0.2, 0) is 11.2 Å². The second-order valence-electron chi connectivity index (χ2n) is 7.90. The lowest BCUT2D eigenvalue weighted by Crippen LogP contribution is -2.38. The molecule has 164 valence electrons. The molecule has 0 bridgehead atoms. The molecule has 0 saturated carbocycles. The van der Waals surface area contributed by atoms with Gasteiger partial charge in [0, 0.05) is 24.0 Å². The fraction of sp³-hybridized carbons (Fsp3) is 0.217. The molecule has 0 aliphatic rings. The number of carbonyl (C=O) groups excluding carboxylic acids is 2. The number of aromatic nitrogens is 3. The molecule has 0 aliphatic carbocycles. The van der Waals surface area contributed by atoms with E-state index in [9.17, 15) is 14.0 Å². The van der Waals surface area contributed by atoms with Crippen molar-refractivity contribution in [2.45, 2.75) is 31.8 Å². The number of nitrogens with zero attached hydrogens (tertiary/aromatic N) is 2. The first kappa shape index (κ1) is 21.6. The molecule has 1 aromatic carbocycles. The number of benzene rings is 1. The first-order valence-electron chi connectivity index (χ1n) is 9.90. The molecule has 1 atom stereocenters. The van der Waals surface area contributed by atoms with Gasteiger partial charge in [0.15, 0.2) is 0 Å². The second-order valence-corrected chi connectivity index (χ2v) is 8.96. The number of hydrogen-bond donors (Lipinski definition) is 2. The fourth-order valence-corrected chi connectivity index (χ4v) is 4.80. The Balaban J connectivity index is 1.68. The van der Waals surface area contributed by atoms with Gasteiger partial charge in [0.25, 0.3) is 0 Å². The van der Waals surface area contributed by atoms with E-state index >= 15 is 0 Å². The van der Waals surface area contributed by atoms with Crippen molar-refractivity contribution in [1.29, 1.82) is 0 Å². The van der Waals surface area contributed by atoms with Gasteiger partial charge in [0.05, 0.1) is 16.4 Å². The van der Waals surface area contributed by atoms with Crippen molar-refractivity contribution in [1.82, 2.24) is 15.0 Å². The SMILES string of the molecule is CC(C)(OC(N)=O)C(Cc1ccc(F)cc1)c1ncc(C(=O)c2c[nH]c3ncccc23)s1. The van der Waals surface area contributed by atoms with Gasteiger partial charge in [-0.2, -0.15) is 0 Å². The number of thiazole rings is 1. The van der Waals surface area contributed by atoms with Gasteiger partial charge in [0.1, 0.15) is 22.1 Å². The number of ether oxygens (including phenoxy) is 1. The molecule has 0 aliphatic heterocycles. The minimum Gasteiger partial charge on any atom is -0.443 e. The molecule has 1 amide bonds. The number of H-pyrrole nitrogens is 1. The minimum atomic E-state index is -1.01. The van der Waals surface area contributed by atoms with E-state index in [1.165, 1.54) is 29.7 Å². The summed E-state index contributed by atoms with van der Waals surface area (Å²) in [4.78, 5) is 36.8. The van der Waals surface area contributed by atoms with Gasteiger partial charge in [0.2, 0.25) is 5.78 Å². The molecule has 4 rings (SSSR count). The Bertz CT molecular complexity index is 1280. The number of hydrogen-bond acceptors (Lipinski definition) is 6. The highest BCUT2D eigenvalue weighted by Gasteiger charge is 2.37. The van der Waals surface area contributed by atoms with Crippen molar-refractivity contribution in [3.05, 3.63) is 81.8 Å². The molecule has 7 nitrogen and oxygen atoms in total. The number of halogens is 1. The monoisotopic (exact) mass is 452 g/mol. The average molecular weight is 453 g/mol. The van der Waals surface area contributed by atoms with E-state index in [0.29, 0.717) is 27.5 Å². The molecule has 3 N–H and O–H groups in total. The molecule has 1 unspecified atom stereocenters. The lowest BCUT2D eigenvalue weighted by atomic mass is 9.85. The summed E-state index contributed by atoms with van der Waals surface area (Å²) in [7, 11) is 0. The highest BCUT2D eigenvalue weighted by Crippen LogP contribution is 2.37. The number of carbonyl (C=O) groups is 2. The molecule has 0 radical (unpaired) electrons. The molecule has 3 heterocycles. The smallest absolute Gasteiger partial charge is 0.405 e. The molecular formula is C23H21FN4O3S. The Kier molecular flexibility index (Phi) is 5.75. The third kappa shape index (κ3) is 4.38. The summed E-state index contributed by atoms with van der Waals surface area (Å²) in [6, 6.07) is 9.68. The van der Waals surface area contributed by atoms with Gasteiger partial charge < -0.3 is 15.5 Å². The first-order valence-corrected chi connectivity index (χ1v) is 10.7. The van der Waals surface area contributed by atoms with Gasteiger partial charge in [-0.25, -0.2) is 19.2 Å². The van der Waals surface area contributed by atoms with E-state index in [4.69, 9.17) is 10.5 Å². The quantitative estimate of drug-likeness (QED) is 0.399. The predicted octanol–water partition coefficient (Wildman–Crippen LogP) is 4.59. The van der Waals surface area contributed by atoms with E-state index in [1.807, 2.05) is 6.07 Å². The van der Waals surface area contributed by atoms with E-state index in [2.05, 4.69) is 15.0 Å². The number of nitrogens with one attached hydrogen (secondary N) is 1. The Labute approximate surface area is 187 Å². The number of primary amides is 1. The van der Waals surface area contributed by atoms with Gasteiger partial charge >= 0.3 is 6.09 Å². The van der Waals surface area contributed by atoms with Crippen molar-refractivity contribution in [3.8, 4) is 0 Å². The number of nitrogens with two attached hydrogens (primary N) is 1. The van der Waals surface area contributed by atoms with Crippen LogP contribution in [0, 0.1) is 5.82 Å². The molecular weight excluding hydrogens is 431 g/mol. The molecule has 0 spiro atoms. The van der Waals surface area contributed by atoms with Gasteiger partial charge in [-0.05, 0) is 50.1 Å². The summed E-state index contributed by atoms with van der Waals surface area (Å²) in [5, 5.41) is 1.34. The molecule has 4 aromatic rings. The van der Waals surface area contributed by atoms with E-state index in [1.54, 1.807) is 44.4 Å². The second kappa shape index (κ2) is 8.51. The van der Waals surface area contributed by atoms with Crippen LogP contribution in [-0.4, -0.2) is 32.4 Å². The number of ketones is 1. The van der Waals surface area contributed by atoms with Crippen LogP contribution in [0.4, 0.5) is 9.18 Å². The van der Waals surface area contributed by atoms with E-state index < -0.39 is 17.6 Å². The number of amides is 1. The number of aromatic amines is 1. The highest BCUT2D eigenvalue weighted by atomic mass is 32.1. The molecule has 9 heteroatoms. The third-order valence-electron chi connectivity index (χ3n) is 5.30. The summed E-state index contributed by atoms with van der Waals surface area (Å²) >= 11 is 1.23. The van der Waals surface area contributed by atoms with Crippen molar-refractivity contribution in [2.24, 2.45) is 5.73 Å². The van der Waals surface area contributed by atoms with Crippen LogP contribution in [0.5, 0.6) is 0 Å². The summed E-state index contributed by atoms with van der Waals surface area (Å²) < 4.78 is 18.7. The molecule has 32 heavy (non-hydrogen) atoms. The average Bonchev–Trinajstić information content (AvgIpc) is 3.39. The first-order chi connectivity index (χ1) is 15.2. The van der Waals surface area contributed by atoms with Crippen molar-refractivity contribution < 1.29 is 18.7 Å². The van der Waals surface area contributed by atoms with Crippen molar-refractivity contribution >= 4 is 34.2 Å². The minimum absolute atomic E-state index is 0.179. The van der Waals surface area contributed by atoms with Crippen LogP contribution >= 0.6 is 11.3 Å². The van der Waals surface area contributed by atoms with Crippen molar-refractivity contribution in [2.75, 3.05) is 0 Å². The lowest BCUT2D eigenvalue weighted by Gasteiger charge is -2.32. The van der Waals surface area contributed by atoms with Crippen LogP contribution < -0.4 is 5.73 Å². The standard InChI is InChI=1S/C23H21FN4O3S/c1-23(2,31-22(25)30)17(10-13-5-7-14(24)8-6-13)21-28-12-18(32-21)19(29)16-11-27-20-15(16)4-3-9-26-20/h3-9,11-12,17H,10H2,1-2H3,(H2,25,30)(H,26,27). The van der Waals surface area contributed by atoms with Crippen LogP contribution in [0.2, 0.25) is 0 Å². The summed E-state index contributed by atoms with van der Waals surface area (Å²) in [5.74, 6) is -0.924. The Morgan fingerprint density at radius 3 is 2.69 bits per heavy atom. The van der Waals surface area contributed by atoms with Crippen molar-refractivity contribution in [3.63, 3.8) is 0 Å². The van der Waals surface area contributed by atoms with E-state index in [-0.39, 0.29) is 11.6 Å². The zero-order valence-corrected chi connectivity index (χ0v) is 18.3. The maximum absolute atomic E-state index is 13.4. The number of fused-ring (bicyclic) bond motifs is 1. The summed E-state index contributed by atoms with van der Waals surface area (Å²) in [5.41, 5.74) is 6.25. The zero-order chi connectivity index (χ0) is 22.9. The van der Waals surface area contributed by atoms with Gasteiger partial charge in [-0.3, -0.25) is 4.79 Å². The maximum Gasteiger partial charge on any atom is 0.405 e. The molecule has 0 saturated heterocycles. The predicted molar refractivity (Wildman–Crippen MR) is 119 cm³/mol. The molecule has 3 aromatic heterocycles. The summed E-state index contributed by atoms with van der Waals surface area (Å²) in [6.45, 7) is 3.47. The van der Waals surface area contributed by atoms with E-state index in [0.717, 1.165) is 10.9 Å². The maximum atomic E-state index is 13.4. The number of rotatable bonds is 7. The van der Waals surface area contributed by atoms with Crippen LogP contribution in [0.25, 0.3) is 11.0 Å². The Hall–Kier alpha value is -3.59. The third-order valence-corrected chi connectivity index (χ3v) is 6.41. The topological polar surface area (TPSA) is 111 Å². The van der Waals surface area contributed by atoms with Gasteiger partial charge in [-0.1, -0.05) is 12.1 Å². The van der Waals surface area contributed by atoms with Gasteiger partial charge in [-0.15, -0.1) is 11.3 Å². The Morgan fingerprint density at radius 2 is 1.97 bits per heavy atom. The normalized spacial score (nSPS) is 12.6. The Morgan fingerprint density at radius 1 is 1.22 bits per heavy atom. The van der Waals surface area contributed by atoms with Crippen LogP contribution in [0.15, 0.2) is 55.0 Å². The zero-order valence-electron chi connectivity index (χ0n) is 17.5. The largest absolute Gasteiger partial charge is 0.443 e. The van der Waals surface area contributed by atoms with Crippen LogP contribution in [0.1, 0.15) is 45.6 Å². The number of pyridine rings is 1. The van der Waals surface area contributed by atoms with Crippen LogP contribution in [0.3, 0.4) is 0 Å². The fourth-order valence-electron chi connectivity index (χ4n) is 3.65. The molecule has 0 fully saturated rings. The lowest BCUT2D eigenvalue weighted by molar-refractivity contribution is 0.0236. The highest BCUT2D eigenvalue weighted by molar-refractivity contribution is 7.14. The summed E-state index contributed by atoms with van der Waals surface area (Å²) in [6.07, 6.45) is 4.32.